The molecule has 0 N–H and O–H groups in total. The molecule has 0 bridgehead atoms. The molecular weight excluding hydrogens is 328 g/mol. The number of methoxy groups -OCH3 is 4. The molecule has 1 aliphatic rings. The Morgan fingerprint density at radius 3 is 2.25 bits per heavy atom. The summed E-state index contributed by atoms with van der Waals surface area (Å²) in [5, 5.41) is 0.629. The first kappa shape index (κ1) is 15.6. The molecule has 0 fully saturated rings. The minimum absolute atomic E-state index is 0.182. The number of hydrogen-bond donors (Lipinski definition) is 0. The van der Waals surface area contributed by atoms with Crippen molar-refractivity contribution in [3.05, 3.63) is 23.3 Å². The molecule has 2 rings (SSSR count). The summed E-state index contributed by atoms with van der Waals surface area (Å²) in [5.74, 6) is 0.302. The molecule has 0 aromatic heterocycles. The first-order valence-electron chi connectivity index (χ1n) is 6.22. The molecular formula is C14H19BrO5. The number of rotatable bonds is 5. The summed E-state index contributed by atoms with van der Waals surface area (Å²) in [6.45, 7) is 0. The number of benzene rings is 1. The van der Waals surface area contributed by atoms with Gasteiger partial charge in [-0.2, -0.15) is 0 Å². The van der Waals surface area contributed by atoms with Crippen LogP contribution in [0.2, 0.25) is 0 Å². The van der Waals surface area contributed by atoms with Crippen LogP contribution in [0.25, 0.3) is 0 Å². The summed E-state index contributed by atoms with van der Waals surface area (Å²) >= 11 is 3.46. The molecule has 0 radical (unpaired) electrons. The Labute approximate surface area is 127 Å². The number of alkyl halides is 1. The van der Waals surface area contributed by atoms with Gasteiger partial charge in [0.15, 0.2) is 11.5 Å². The highest BCUT2D eigenvalue weighted by Gasteiger charge is 2.41. The van der Waals surface area contributed by atoms with E-state index in [4.69, 9.17) is 23.7 Å². The molecule has 0 spiro atoms. The van der Waals surface area contributed by atoms with Crippen molar-refractivity contribution in [2.75, 3.05) is 33.8 Å². The topological polar surface area (TPSA) is 46.2 Å². The third kappa shape index (κ3) is 2.65. The van der Waals surface area contributed by atoms with Crippen LogP contribution in [-0.4, -0.2) is 39.7 Å². The second-order valence-electron chi connectivity index (χ2n) is 4.43. The molecule has 1 aromatic rings. The van der Waals surface area contributed by atoms with Crippen LogP contribution in [0.1, 0.15) is 17.2 Å². The van der Waals surface area contributed by atoms with Gasteiger partial charge in [0.05, 0.1) is 26.7 Å². The zero-order chi connectivity index (χ0) is 14.8. The minimum atomic E-state index is -1.06. The van der Waals surface area contributed by atoms with E-state index in [2.05, 4.69) is 15.9 Å². The summed E-state index contributed by atoms with van der Waals surface area (Å²) < 4.78 is 27.4. The van der Waals surface area contributed by atoms with Crippen LogP contribution < -0.4 is 9.47 Å². The van der Waals surface area contributed by atoms with E-state index in [0.29, 0.717) is 23.2 Å². The maximum Gasteiger partial charge on any atom is 0.287 e. The number of fused-ring (bicyclic) bond motifs is 1. The van der Waals surface area contributed by atoms with Gasteiger partial charge in [-0.25, -0.2) is 0 Å². The molecule has 1 unspecified atom stereocenters. The lowest BCUT2D eigenvalue weighted by Gasteiger charge is -2.39. The summed E-state index contributed by atoms with van der Waals surface area (Å²) in [6, 6.07) is 3.88. The number of ether oxygens (including phenoxy) is 5. The van der Waals surface area contributed by atoms with Crippen molar-refractivity contribution >= 4 is 15.9 Å². The zero-order valence-electron chi connectivity index (χ0n) is 12.1. The lowest BCUT2D eigenvalue weighted by Crippen LogP contribution is -2.44. The highest BCUT2D eigenvalue weighted by Crippen LogP contribution is 2.42. The van der Waals surface area contributed by atoms with Crippen LogP contribution in [-0.2, 0) is 20.6 Å². The number of hydrogen-bond acceptors (Lipinski definition) is 5. The van der Waals surface area contributed by atoms with E-state index in [9.17, 15) is 0 Å². The normalized spacial score (nSPS) is 20.4. The summed E-state index contributed by atoms with van der Waals surface area (Å²) in [4.78, 5) is 0. The Morgan fingerprint density at radius 2 is 1.75 bits per heavy atom. The molecule has 1 heterocycles. The maximum atomic E-state index is 5.93. The Morgan fingerprint density at radius 1 is 1.15 bits per heavy atom. The van der Waals surface area contributed by atoms with Gasteiger partial charge < -0.3 is 23.7 Å². The molecule has 1 aromatic carbocycles. The van der Waals surface area contributed by atoms with Gasteiger partial charge in [0, 0.05) is 19.5 Å². The van der Waals surface area contributed by atoms with Crippen molar-refractivity contribution in [2.45, 2.75) is 18.5 Å². The smallest absolute Gasteiger partial charge is 0.287 e. The Kier molecular flexibility index (Phi) is 4.90. The van der Waals surface area contributed by atoms with Crippen molar-refractivity contribution in [1.82, 2.24) is 0 Å². The summed E-state index contributed by atoms with van der Waals surface area (Å²) in [5.41, 5.74) is 2.10. The average Bonchev–Trinajstić information content (AvgIpc) is 2.52. The van der Waals surface area contributed by atoms with Crippen molar-refractivity contribution in [3.63, 3.8) is 0 Å². The summed E-state index contributed by atoms with van der Waals surface area (Å²) in [6.07, 6.45) is 0.303. The molecule has 1 aliphatic heterocycles. The molecule has 0 aliphatic carbocycles. The van der Waals surface area contributed by atoms with E-state index >= 15 is 0 Å². The Bertz CT molecular complexity index is 473. The third-order valence-electron chi connectivity index (χ3n) is 3.48. The molecule has 6 heteroatoms. The van der Waals surface area contributed by atoms with Gasteiger partial charge in [-0.1, -0.05) is 15.9 Å². The van der Waals surface area contributed by atoms with E-state index in [0.717, 1.165) is 11.1 Å². The lowest BCUT2D eigenvalue weighted by atomic mass is 9.95. The van der Waals surface area contributed by atoms with Crippen LogP contribution in [0, 0.1) is 0 Å². The van der Waals surface area contributed by atoms with Crippen molar-refractivity contribution in [2.24, 2.45) is 0 Å². The highest BCUT2D eigenvalue weighted by atomic mass is 79.9. The SMILES string of the molecule is COc1cc2c(cc1OC)C(CBr)OC(OC)(OC)C2. The van der Waals surface area contributed by atoms with Gasteiger partial charge in [0.25, 0.3) is 5.97 Å². The molecule has 20 heavy (non-hydrogen) atoms. The molecule has 5 nitrogen and oxygen atoms in total. The van der Waals surface area contributed by atoms with Gasteiger partial charge >= 0.3 is 0 Å². The highest BCUT2D eigenvalue weighted by molar-refractivity contribution is 9.09. The monoisotopic (exact) mass is 346 g/mol. The lowest BCUT2D eigenvalue weighted by molar-refractivity contribution is -0.380. The second kappa shape index (κ2) is 6.30. The molecule has 0 amide bonds. The standard InChI is InChI=1S/C14H19BrO5/c1-16-11-5-9-7-14(18-3,19-4)20-13(8-15)10(9)6-12(11)17-2/h5-6,13H,7-8H2,1-4H3. The maximum absolute atomic E-state index is 5.93. The van der Waals surface area contributed by atoms with Gasteiger partial charge in [0.1, 0.15) is 0 Å². The fraction of sp³-hybridized carbons (Fsp3) is 0.571. The molecule has 1 atom stereocenters. The predicted molar refractivity (Wildman–Crippen MR) is 77.6 cm³/mol. The van der Waals surface area contributed by atoms with Crippen LogP contribution in [0.15, 0.2) is 12.1 Å². The van der Waals surface area contributed by atoms with Gasteiger partial charge in [-0.05, 0) is 23.3 Å². The van der Waals surface area contributed by atoms with Crippen LogP contribution in [0.4, 0.5) is 0 Å². The fourth-order valence-corrected chi connectivity index (χ4v) is 2.86. The molecule has 112 valence electrons. The minimum Gasteiger partial charge on any atom is -0.493 e. The Balaban J connectivity index is 2.50. The molecule has 0 saturated heterocycles. The van der Waals surface area contributed by atoms with Gasteiger partial charge in [-0.15, -0.1) is 0 Å². The summed E-state index contributed by atoms with van der Waals surface area (Å²) in [7, 11) is 6.37. The van der Waals surface area contributed by atoms with E-state index in [-0.39, 0.29) is 6.10 Å². The van der Waals surface area contributed by atoms with Gasteiger partial charge in [0.2, 0.25) is 0 Å². The van der Waals surface area contributed by atoms with Gasteiger partial charge in [-0.3, -0.25) is 0 Å². The van der Waals surface area contributed by atoms with Crippen LogP contribution in [0.5, 0.6) is 11.5 Å². The van der Waals surface area contributed by atoms with Crippen LogP contribution >= 0.6 is 15.9 Å². The number of halogens is 1. The van der Waals surface area contributed by atoms with Crippen LogP contribution in [0.3, 0.4) is 0 Å². The van der Waals surface area contributed by atoms with E-state index in [1.54, 1.807) is 28.4 Å². The van der Waals surface area contributed by atoms with Crippen molar-refractivity contribution in [3.8, 4) is 11.5 Å². The molecule has 0 saturated carbocycles. The second-order valence-corrected chi connectivity index (χ2v) is 5.08. The fourth-order valence-electron chi connectivity index (χ4n) is 2.38. The van der Waals surface area contributed by atoms with Crippen molar-refractivity contribution in [1.29, 1.82) is 0 Å². The first-order chi connectivity index (χ1) is 9.62. The average molecular weight is 347 g/mol. The van der Waals surface area contributed by atoms with Crippen molar-refractivity contribution < 1.29 is 23.7 Å². The van der Waals surface area contributed by atoms with E-state index < -0.39 is 5.97 Å². The Hall–Kier alpha value is -0.820. The largest absolute Gasteiger partial charge is 0.493 e. The first-order valence-corrected chi connectivity index (χ1v) is 7.34. The third-order valence-corrected chi connectivity index (χ3v) is 4.07. The predicted octanol–water partition coefficient (Wildman–Crippen LogP) is 2.66. The van der Waals surface area contributed by atoms with E-state index in [1.165, 1.54) is 0 Å². The van der Waals surface area contributed by atoms with E-state index in [1.807, 2.05) is 12.1 Å². The quantitative estimate of drug-likeness (QED) is 0.605. The zero-order valence-corrected chi connectivity index (χ0v) is 13.7.